The van der Waals surface area contributed by atoms with Crippen LogP contribution in [0.1, 0.15) is 18.4 Å². The molecule has 2 amide bonds. The topological polar surface area (TPSA) is 52.7 Å². The SMILES string of the molecule is O=C1NCC(=O)N2CCN(CC3C4=CCCC=C4SC3Cc3ccc(Br)cc3)CC12. The molecule has 7 heteroatoms. The highest BCUT2D eigenvalue weighted by Gasteiger charge is 2.42. The van der Waals surface area contributed by atoms with Gasteiger partial charge in [0.15, 0.2) is 0 Å². The minimum atomic E-state index is -0.339. The van der Waals surface area contributed by atoms with Crippen molar-refractivity contribution in [2.75, 3.05) is 32.7 Å². The molecule has 1 aliphatic carbocycles. The number of carbonyl (C=O) groups is 2. The minimum absolute atomic E-state index is 0.0102. The molecule has 5 nitrogen and oxygen atoms in total. The molecule has 5 rings (SSSR count). The zero-order chi connectivity index (χ0) is 20.7. The lowest BCUT2D eigenvalue weighted by molar-refractivity contribution is -0.149. The van der Waals surface area contributed by atoms with Crippen molar-refractivity contribution in [1.82, 2.24) is 15.1 Å². The van der Waals surface area contributed by atoms with Gasteiger partial charge in [-0.3, -0.25) is 14.5 Å². The number of benzene rings is 1. The molecule has 3 fully saturated rings. The lowest BCUT2D eigenvalue weighted by atomic mass is 9.88. The van der Waals surface area contributed by atoms with Crippen molar-refractivity contribution in [1.29, 1.82) is 0 Å². The van der Waals surface area contributed by atoms with Gasteiger partial charge in [0.2, 0.25) is 11.8 Å². The average Bonchev–Trinajstić information content (AvgIpc) is 3.09. The predicted molar refractivity (Wildman–Crippen MR) is 123 cm³/mol. The van der Waals surface area contributed by atoms with Crippen LogP contribution >= 0.6 is 27.7 Å². The van der Waals surface area contributed by atoms with Crippen LogP contribution in [0.3, 0.4) is 0 Å². The summed E-state index contributed by atoms with van der Waals surface area (Å²) in [4.78, 5) is 30.1. The van der Waals surface area contributed by atoms with E-state index in [1.807, 2.05) is 11.8 Å². The molecule has 30 heavy (non-hydrogen) atoms. The quantitative estimate of drug-likeness (QED) is 0.709. The van der Waals surface area contributed by atoms with E-state index in [4.69, 9.17) is 0 Å². The zero-order valence-electron chi connectivity index (χ0n) is 16.9. The second-order valence-corrected chi connectivity index (χ2v) is 10.7. The maximum Gasteiger partial charge on any atom is 0.244 e. The number of carbonyl (C=O) groups excluding carboxylic acids is 2. The Bertz CT molecular complexity index is 914. The highest BCUT2D eigenvalue weighted by atomic mass is 79.9. The van der Waals surface area contributed by atoms with E-state index in [0.29, 0.717) is 24.3 Å². The molecule has 1 aromatic rings. The van der Waals surface area contributed by atoms with Crippen LogP contribution in [0.5, 0.6) is 0 Å². The lowest BCUT2D eigenvalue weighted by Crippen LogP contribution is -2.66. The highest BCUT2D eigenvalue weighted by molar-refractivity contribution is 9.10. The second kappa shape index (κ2) is 8.52. The number of hydrogen-bond acceptors (Lipinski definition) is 4. The van der Waals surface area contributed by atoms with E-state index >= 15 is 0 Å². The number of piperazine rings is 2. The number of rotatable bonds is 4. The molecule has 3 aliphatic heterocycles. The first-order valence-electron chi connectivity index (χ1n) is 10.7. The van der Waals surface area contributed by atoms with Gasteiger partial charge in [0.1, 0.15) is 6.04 Å². The Balaban J connectivity index is 1.33. The summed E-state index contributed by atoms with van der Waals surface area (Å²) in [5.74, 6) is 0.493. The van der Waals surface area contributed by atoms with Gasteiger partial charge in [0.05, 0.1) is 6.54 Å². The fourth-order valence-corrected chi connectivity index (χ4v) is 6.86. The maximum atomic E-state index is 12.4. The smallest absolute Gasteiger partial charge is 0.244 e. The number of fused-ring (bicyclic) bond motifs is 2. The number of allylic oxidation sites excluding steroid dienone is 3. The molecule has 0 aromatic heterocycles. The van der Waals surface area contributed by atoms with Crippen LogP contribution in [0, 0.1) is 5.92 Å². The molecule has 3 atom stereocenters. The first-order chi connectivity index (χ1) is 14.6. The van der Waals surface area contributed by atoms with E-state index in [1.54, 1.807) is 4.90 Å². The molecule has 3 heterocycles. The van der Waals surface area contributed by atoms with Crippen LogP contribution in [-0.2, 0) is 16.0 Å². The van der Waals surface area contributed by atoms with Gasteiger partial charge in [-0.1, -0.05) is 40.2 Å². The lowest BCUT2D eigenvalue weighted by Gasteiger charge is -2.44. The normalized spacial score (nSPS) is 29.1. The summed E-state index contributed by atoms with van der Waals surface area (Å²) < 4.78 is 1.11. The van der Waals surface area contributed by atoms with Crippen LogP contribution in [0.25, 0.3) is 0 Å². The van der Waals surface area contributed by atoms with Crippen LogP contribution in [-0.4, -0.2) is 65.6 Å². The van der Waals surface area contributed by atoms with Gasteiger partial charge in [-0.15, -0.1) is 11.8 Å². The van der Waals surface area contributed by atoms with Gasteiger partial charge in [0, 0.05) is 46.7 Å². The average molecular weight is 488 g/mol. The number of halogens is 1. The Morgan fingerprint density at radius 1 is 1.10 bits per heavy atom. The van der Waals surface area contributed by atoms with Crippen molar-refractivity contribution in [2.45, 2.75) is 30.6 Å². The van der Waals surface area contributed by atoms with E-state index in [2.05, 4.69) is 62.6 Å². The summed E-state index contributed by atoms with van der Waals surface area (Å²) in [5, 5.41) is 3.25. The van der Waals surface area contributed by atoms with Crippen molar-refractivity contribution in [3.63, 3.8) is 0 Å². The standard InChI is InChI=1S/C23H26BrN3O2S/c24-16-7-5-15(6-8-16)11-21-18(17-3-1-2-4-20(17)30-21)13-26-9-10-27-19(14-26)23(29)25-12-22(27)28/h3-8,18-19,21H,1-2,9-14H2,(H,25,29). The summed E-state index contributed by atoms with van der Waals surface area (Å²) >= 11 is 5.56. The molecule has 1 N–H and O–H groups in total. The number of nitrogens with zero attached hydrogens (tertiary/aromatic N) is 2. The van der Waals surface area contributed by atoms with E-state index in [0.717, 1.165) is 36.8 Å². The van der Waals surface area contributed by atoms with E-state index in [-0.39, 0.29) is 24.4 Å². The fourth-order valence-electron chi connectivity index (χ4n) is 5.01. The molecule has 3 unspecified atom stereocenters. The van der Waals surface area contributed by atoms with Gasteiger partial charge in [-0.2, -0.15) is 0 Å². The number of nitrogens with one attached hydrogen (secondary N) is 1. The third kappa shape index (κ3) is 3.99. The molecule has 1 aromatic carbocycles. The molecule has 3 saturated heterocycles. The molecule has 158 valence electrons. The van der Waals surface area contributed by atoms with Gasteiger partial charge < -0.3 is 10.2 Å². The number of thioether (sulfide) groups is 1. The molecule has 4 aliphatic rings. The van der Waals surface area contributed by atoms with Crippen LogP contribution in [0.2, 0.25) is 0 Å². The Kier molecular flexibility index (Phi) is 5.77. The van der Waals surface area contributed by atoms with E-state index < -0.39 is 0 Å². The molecule has 0 bridgehead atoms. The van der Waals surface area contributed by atoms with Crippen molar-refractivity contribution in [2.24, 2.45) is 5.92 Å². The molecule has 0 spiro atoms. The monoisotopic (exact) mass is 487 g/mol. The summed E-state index contributed by atoms with van der Waals surface area (Å²) in [7, 11) is 0. The number of amides is 2. The van der Waals surface area contributed by atoms with Crippen molar-refractivity contribution >= 4 is 39.5 Å². The molecular formula is C23H26BrN3O2S. The van der Waals surface area contributed by atoms with E-state index in [9.17, 15) is 9.59 Å². The Hall–Kier alpha value is -1.57. The summed E-state index contributed by atoms with van der Waals surface area (Å²) in [6, 6.07) is 8.32. The van der Waals surface area contributed by atoms with Crippen LogP contribution in [0.4, 0.5) is 0 Å². The van der Waals surface area contributed by atoms with Gasteiger partial charge >= 0.3 is 0 Å². The summed E-state index contributed by atoms with van der Waals surface area (Å²) in [6.07, 6.45) is 8.13. The second-order valence-electron chi connectivity index (χ2n) is 8.48. The third-order valence-corrected chi connectivity index (χ3v) is 8.56. The first kappa shape index (κ1) is 20.3. The first-order valence-corrected chi connectivity index (χ1v) is 12.4. The largest absolute Gasteiger partial charge is 0.345 e. The Labute approximate surface area is 190 Å². The third-order valence-electron chi connectivity index (χ3n) is 6.58. The molecular weight excluding hydrogens is 462 g/mol. The van der Waals surface area contributed by atoms with E-state index in [1.165, 1.54) is 16.0 Å². The fraction of sp³-hybridized carbons (Fsp3) is 0.478. The van der Waals surface area contributed by atoms with Gasteiger partial charge in [0.25, 0.3) is 0 Å². The van der Waals surface area contributed by atoms with Gasteiger partial charge in [-0.05, 0) is 42.5 Å². The summed E-state index contributed by atoms with van der Waals surface area (Å²) in [6.45, 7) is 3.22. The zero-order valence-corrected chi connectivity index (χ0v) is 19.3. The van der Waals surface area contributed by atoms with Gasteiger partial charge in [-0.25, -0.2) is 0 Å². The van der Waals surface area contributed by atoms with Crippen LogP contribution < -0.4 is 5.32 Å². The molecule has 0 saturated carbocycles. The Morgan fingerprint density at radius 3 is 2.73 bits per heavy atom. The Morgan fingerprint density at radius 2 is 1.90 bits per heavy atom. The summed E-state index contributed by atoms with van der Waals surface area (Å²) in [5.41, 5.74) is 2.86. The van der Waals surface area contributed by atoms with Crippen LogP contribution in [0.15, 0.2) is 51.4 Å². The van der Waals surface area contributed by atoms with Crippen molar-refractivity contribution in [3.05, 3.63) is 56.9 Å². The minimum Gasteiger partial charge on any atom is -0.345 e. The number of hydrogen-bond donors (Lipinski definition) is 1. The van der Waals surface area contributed by atoms with Crippen molar-refractivity contribution < 1.29 is 9.59 Å². The van der Waals surface area contributed by atoms with Crippen molar-refractivity contribution in [3.8, 4) is 0 Å². The highest BCUT2D eigenvalue weighted by Crippen LogP contribution is 2.49. The maximum absolute atomic E-state index is 12.4. The molecule has 0 radical (unpaired) electrons. The predicted octanol–water partition coefficient (Wildman–Crippen LogP) is 2.97.